The van der Waals surface area contributed by atoms with E-state index in [2.05, 4.69) is 43.7 Å². The molecule has 2 aliphatic carbocycles. The van der Waals surface area contributed by atoms with Crippen LogP contribution in [0, 0.1) is 11.8 Å². The van der Waals surface area contributed by atoms with Gasteiger partial charge in [0, 0.05) is 7.26 Å². The Bertz CT molecular complexity index is 368. The number of hydrogen-bond donors (Lipinski definition) is 0. The van der Waals surface area contributed by atoms with Crippen molar-refractivity contribution in [3.8, 4) is 0 Å². The summed E-state index contributed by atoms with van der Waals surface area (Å²) in [7, 11) is -0.885. The molecule has 2 saturated carbocycles. The van der Waals surface area contributed by atoms with Crippen molar-refractivity contribution in [1.29, 1.82) is 0 Å². The topological polar surface area (TPSA) is 0 Å². The summed E-state index contributed by atoms with van der Waals surface area (Å²) in [6.07, 6.45) is 6.11. The van der Waals surface area contributed by atoms with Crippen LogP contribution in [0.3, 0.4) is 0 Å². The molecule has 0 N–H and O–H groups in total. The molecule has 2 fully saturated rings. The molecule has 0 nitrogen and oxygen atoms in total. The first kappa shape index (κ1) is 10.8. The molecule has 0 heterocycles. The SMILES string of the molecule is C[P+](C)(c1ccccc1)C1CC2CCC1C2. The van der Waals surface area contributed by atoms with Gasteiger partial charge < -0.3 is 0 Å². The Morgan fingerprint density at radius 3 is 2.31 bits per heavy atom. The average molecular weight is 233 g/mol. The van der Waals surface area contributed by atoms with Crippen LogP contribution in [0.4, 0.5) is 0 Å². The smallest absolute Gasteiger partial charge is 0.0620 e. The molecule has 0 spiro atoms. The predicted octanol–water partition coefficient (Wildman–Crippen LogP) is 3.78. The van der Waals surface area contributed by atoms with E-state index >= 15 is 0 Å². The minimum absolute atomic E-state index is 0.885. The van der Waals surface area contributed by atoms with Crippen LogP contribution in [0.5, 0.6) is 0 Å². The van der Waals surface area contributed by atoms with Gasteiger partial charge in [-0.15, -0.1) is 0 Å². The zero-order valence-electron chi connectivity index (χ0n) is 10.4. The molecule has 0 amide bonds. The van der Waals surface area contributed by atoms with E-state index in [1.165, 1.54) is 19.3 Å². The molecule has 3 rings (SSSR count). The van der Waals surface area contributed by atoms with Crippen molar-refractivity contribution >= 4 is 12.6 Å². The molecule has 3 unspecified atom stereocenters. The summed E-state index contributed by atoms with van der Waals surface area (Å²) in [5.41, 5.74) is 1.04. The first-order valence-corrected chi connectivity index (χ1v) is 9.32. The van der Waals surface area contributed by atoms with Gasteiger partial charge in [0.2, 0.25) is 0 Å². The Kier molecular flexibility index (Phi) is 2.59. The molecule has 1 aromatic rings. The Balaban J connectivity index is 1.88. The lowest BCUT2D eigenvalue weighted by Crippen LogP contribution is -2.26. The van der Waals surface area contributed by atoms with Crippen molar-refractivity contribution < 1.29 is 0 Å². The fourth-order valence-electron chi connectivity index (χ4n) is 4.01. The minimum Gasteiger partial charge on any atom is -0.0620 e. The van der Waals surface area contributed by atoms with E-state index in [9.17, 15) is 0 Å². The highest BCUT2D eigenvalue weighted by Gasteiger charge is 2.51. The quantitative estimate of drug-likeness (QED) is 0.682. The molecule has 0 aromatic heterocycles. The molecule has 0 radical (unpaired) electrons. The highest BCUT2D eigenvalue weighted by molar-refractivity contribution is 7.82. The Labute approximate surface area is 99.8 Å². The van der Waals surface area contributed by atoms with E-state index in [0.29, 0.717) is 0 Å². The van der Waals surface area contributed by atoms with Crippen LogP contribution in [0.2, 0.25) is 0 Å². The van der Waals surface area contributed by atoms with Crippen LogP contribution in [0.15, 0.2) is 30.3 Å². The fraction of sp³-hybridized carbons (Fsp3) is 0.600. The third-order valence-corrected chi connectivity index (χ3v) is 8.87. The largest absolute Gasteiger partial charge is 0.0936 e. The summed E-state index contributed by atoms with van der Waals surface area (Å²) < 4.78 is 0. The molecule has 2 bridgehead atoms. The highest BCUT2D eigenvalue weighted by Crippen LogP contribution is 2.66. The van der Waals surface area contributed by atoms with Crippen molar-refractivity contribution in [3.63, 3.8) is 0 Å². The normalized spacial score (nSPS) is 33.2. The van der Waals surface area contributed by atoms with Crippen molar-refractivity contribution in [3.05, 3.63) is 30.3 Å². The predicted molar refractivity (Wildman–Crippen MR) is 74.1 cm³/mol. The lowest BCUT2D eigenvalue weighted by molar-refractivity contribution is 0.486. The molecule has 0 saturated heterocycles. The van der Waals surface area contributed by atoms with Crippen LogP contribution in [-0.2, 0) is 0 Å². The molecular formula is C15H22P+. The average Bonchev–Trinajstić information content (AvgIpc) is 2.92. The van der Waals surface area contributed by atoms with Gasteiger partial charge in [0.25, 0.3) is 0 Å². The standard InChI is InChI=1S/C15H22P/c1-16(2,14-6-4-3-5-7-14)15-11-12-8-9-13(15)10-12/h3-7,12-13,15H,8-11H2,1-2H3/q+1. The van der Waals surface area contributed by atoms with E-state index < -0.39 is 7.26 Å². The lowest BCUT2D eigenvalue weighted by atomic mass is 10.0. The summed E-state index contributed by atoms with van der Waals surface area (Å²) >= 11 is 0. The molecule has 2 aliphatic rings. The summed E-state index contributed by atoms with van der Waals surface area (Å²) in [5.74, 6) is 2.14. The van der Waals surface area contributed by atoms with E-state index in [4.69, 9.17) is 0 Å². The molecule has 16 heavy (non-hydrogen) atoms. The number of hydrogen-bond acceptors (Lipinski definition) is 0. The first-order chi connectivity index (χ1) is 7.68. The third-order valence-electron chi connectivity index (χ3n) is 4.95. The van der Waals surface area contributed by atoms with Crippen molar-refractivity contribution in [2.45, 2.75) is 31.3 Å². The summed E-state index contributed by atoms with van der Waals surface area (Å²) in [5, 5.41) is 1.65. The molecular weight excluding hydrogens is 211 g/mol. The van der Waals surface area contributed by atoms with Gasteiger partial charge in [0.1, 0.15) is 0 Å². The summed E-state index contributed by atoms with van der Waals surface area (Å²) in [6, 6.07) is 11.3. The first-order valence-electron chi connectivity index (χ1n) is 6.57. The van der Waals surface area contributed by atoms with Gasteiger partial charge in [-0.25, -0.2) is 0 Å². The van der Waals surface area contributed by atoms with Gasteiger partial charge in [0.05, 0.1) is 24.3 Å². The zero-order valence-corrected chi connectivity index (χ0v) is 11.3. The monoisotopic (exact) mass is 233 g/mol. The fourth-order valence-corrected chi connectivity index (χ4v) is 7.48. The van der Waals surface area contributed by atoms with Crippen molar-refractivity contribution in [1.82, 2.24) is 0 Å². The van der Waals surface area contributed by atoms with Crippen LogP contribution in [0.25, 0.3) is 0 Å². The Morgan fingerprint density at radius 2 is 1.75 bits per heavy atom. The number of rotatable bonds is 2. The van der Waals surface area contributed by atoms with E-state index in [1.807, 2.05) is 0 Å². The highest BCUT2D eigenvalue weighted by atomic mass is 31.2. The lowest BCUT2D eigenvalue weighted by Gasteiger charge is -2.31. The molecule has 3 atom stereocenters. The summed E-state index contributed by atoms with van der Waals surface area (Å²) in [4.78, 5) is 0. The van der Waals surface area contributed by atoms with Gasteiger partial charge in [-0.05, 0) is 49.7 Å². The Morgan fingerprint density at radius 1 is 1.00 bits per heavy atom. The van der Waals surface area contributed by atoms with Crippen LogP contribution in [-0.4, -0.2) is 19.0 Å². The van der Waals surface area contributed by atoms with Gasteiger partial charge in [-0.1, -0.05) is 18.2 Å². The molecule has 1 aromatic carbocycles. The van der Waals surface area contributed by atoms with E-state index in [-0.39, 0.29) is 0 Å². The maximum absolute atomic E-state index is 2.56. The molecule has 86 valence electrons. The second-order valence-electron chi connectivity index (χ2n) is 6.12. The second kappa shape index (κ2) is 3.84. The van der Waals surface area contributed by atoms with Crippen molar-refractivity contribution in [2.75, 3.05) is 13.3 Å². The summed E-state index contributed by atoms with van der Waals surface area (Å²) in [6.45, 7) is 5.13. The van der Waals surface area contributed by atoms with Crippen LogP contribution in [0.1, 0.15) is 25.7 Å². The molecule has 1 heteroatoms. The van der Waals surface area contributed by atoms with E-state index in [0.717, 1.165) is 17.5 Å². The zero-order chi connectivity index (χ0) is 11.2. The minimum atomic E-state index is -0.885. The molecule has 0 aliphatic heterocycles. The third kappa shape index (κ3) is 1.63. The van der Waals surface area contributed by atoms with E-state index in [1.54, 1.807) is 11.7 Å². The van der Waals surface area contributed by atoms with Crippen LogP contribution >= 0.6 is 7.26 Å². The Hall–Kier alpha value is -0.350. The van der Waals surface area contributed by atoms with Gasteiger partial charge >= 0.3 is 0 Å². The van der Waals surface area contributed by atoms with Gasteiger partial charge in [0.15, 0.2) is 0 Å². The second-order valence-corrected chi connectivity index (χ2v) is 10.4. The number of fused-ring (bicyclic) bond motifs is 2. The maximum atomic E-state index is 2.56. The van der Waals surface area contributed by atoms with Crippen molar-refractivity contribution in [2.24, 2.45) is 11.8 Å². The van der Waals surface area contributed by atoms with Gasteiger partial charge in [-0.2, -0.15) is 0 Å². The number of benzene rings is 1. The van der Waals surface area contributed by atoms with Gasteiger partial charge in [-0.3, -0.25) is 0 Å². The van der Waals surface area contributed by atoms with Crippen LogP contribution < -0.4 is 5.30 Å². The maximum Gasteiger partial charge on any atom is 0.0936 e.